The van der Waals surface area contributed by atoms with Gasteiger partial charge in [0.15, 0.2) is 6.61 Å². The highest BCUT2D eigenvalue weighted by molar-refractivity contribution is 5.85. The Morgan fingerprint density at radius 1 is 1.09 bits per heavy atom. The molecule has 3 aromatic rings. The molecule has 3 rings (SSSR count). The van der Waals surface area contributed by atoms with E-state index in [-0.39, 0.29) is 12.2 Å². The van der Waals surface area contributed by atoms with Crippen molar-refractivity contribution in [3.05, 3.63) is 71.3 Å². The van der Waals surface area contributed by atoms with Gasteiger partial charge in [-0.3, -0.25) is 15.0 Å². The quantitative estimate of drug-likeness (QED) is 0.792. The van der Waals surface area contributed by atoms with Gasteiger partial charge in [-0.2, -0.15) is 0 Å². The summed E-state index contributed by atoms with van der Waals surface area (Å²) in [5, 5.41) is 0.439. The monoisotopic (exact) mass is 295 g/mol. The average molecular weight is 295 g/mol. The van der Waals surface area contributed by atoms with Crippen molar-refractivity contribution in [3.63, 3.8) is 0 Å². The van der Waals surface area contributed by atoms with Crippen LogP contribution < -0.4 is 15.7 Å². The summed E-state index contributed by atoms with van der Waals surface area (Å²) >= 11 is 0. The predicted molar refractivity (Wildman–Crippen MR) is 82.3 cm³/mol. The Kier molecular flexibility index (Phi) is 3.82. The van der Waals surface area contributed by atoms with Crippen molar-refractivity contribution in [3.8, 4) is 5.75 Å². The fourth-order valence-corrected chi connectivity index (χ4v) is 1.98. The Morgan fingerprint density at radius 3 is 2.64 bits per heavy atom. The molecule has 0 radical (unpaired) electrons. The smallest absolute Gasteiger partial charge is 0.280 e. The second-order valence-corrected chi connectivity index (χ2v) is 4.57. The molecule has 6 nitrogen and oxygen atoms in total. The molecule has 0 aliphatic carbocycles. The molecular formula is C16H13N3O3. The summed E-state index contributed by atoms with van der Waals surface area (Å²) in [6, 6.07) is 15.9. The van der Waals surface area contributed by atoms with Gasteiger partial charge in [0, 0.05) is 0 Å². The first-order valence-corrected chi connectivity index (χ1v) is 6.68. The number of hydrogen-bond acceptors (Lipinski definition) is 4. The fraction of sp³-hybridized carbons (Fsp3) is 0.0625. The first-order chi connectivity index (χ1) is 10.7. The Morgan fingerprint density at radius 2 is 1.82 bits per heavy atom. The van der Waals surface area contributed by atoms with Crippen molar-refractivity contribution in [2.45, 2.75) is 0 Å². The molecule has 0 saturated heterocycles. The number of carbonyl (C=O) groups excluding carboxylic acids is 1. The van der Waals surface area contributed by atoms with Crippen molar-refractivity contribution in [2.75, 3.05) is 12.0 Å². The second-order valence-electron chi connectivity index (χ2n) is 4.57. The summed E-state index contributed by atoms with van der Waals surface area (Å²) in [6.45, 7) is -0.191. The van der Waals surface area contributed by atoms with Crippen LogP contribution in [-0.4, -0.2) is 22.2 Å². The van der Waals surface area contributed by atoms with Crippen LogP contribution in [0.4, 0.5) is 0 Å². The van der Waals surface area contributed by atoms with Crippen LogP contribution in [0.3, 0.4) is 0 Å². The lowest BCUT2D eigenvalue weighted by Gasteiger charge is -2.09. The Balaban J connectivity index is 1.72. The summed E-state index contributed by atoms with van der Waals surface area (Å²) in [6.07, 6.45) is 1.28. The fourth-order valence-electron chi connectivity index (χ4n) is 1.98. The first kappa shape index (κ1) is 13.8. The molecule has 1 heterocycles. The van der Waals surface area contributed by atoms with Crippen molar-refractivity contribution in [2.24, 2.45) is 0 Å². The van der Waals surface area contributed by atoms with Gasteiger partial charge in [0.2, 0.25) is 0 Å². The second kappa shape index (κ2) is 6.09. The number of para-hydroxylation sites is 2. The van der Waals surface area contributed by atoms with E-state index in [1.807, 2.05) is 18.2 Å². The van der Waals surface area contributed by atoms with Crippen LogP contribution in [0, 0.1) is 0 Å². The number of nitrogens with one attached hydrogen (secondary N) is 1. The van der Waals surface area contributed by atoms with E-state index >= 15 is 0 Å². The van der Waals surface area contributed by atoms with E-state index < -0.39 is 5.91 Å². The predicted octanol–water partition coefficient (Wildman–Crippen LogP) is 1.55. The van der Waals surface area contributed by atoms with E-state index in [0.717, 1.165) is 4.68 Å². The average Bonchev–Trinajstić information content (AvgIpc) is 2.57. The number of hydrogen-bond donors (Lipinski definition) is 1. The molecule has 0 spiro atoms. The molecule has 110 valence electrons. The van der Waals surface area contributed by atoms with Crippen LogP contribution in [0.5, 0.6) is 5.75 Å². The highest BCUT2D eigenvalue weighted by Crippen LogP contribution is 2.07. The van der Waals surface area contributed by atoms with Crippen LogP contribution in [0.25, 0.3) is 10.9 Å². The van der Waals surface area contributed by atoms with Crippen molar-refractivity contribution in [1.82, 2.24) is 9.66 Å². The third-order valence-corrected chi connectivity index (χ3v) is 3.02. The van der Waals surface area contributed by atoms with Crippen molar-refractivity contribution >= 4 is 16.8 Å². The zero-order valence-corrected chi connectivity index (χ0v) is 11.6. The third-order valence-electron chi connectivity index (χ3n) is 3.02. The van der Waals surface area contributed by atoms with E-state index in [9.17, 15) is 9.59 Å². The number of ether oxygens (including phenoxy) is 1. The summed E-state index contributed by atoms with van der Waals surface area (Å²) in [4.78, 5) is 28.2. The lowest BCUT2D eigenvalue weighted by atomic mass is 10.2. The minimum Gasteiger partial charge on any atom is -0.484 e. The Labute approximate surface area is 126 Å². The standard InChI is InChI=1S/C16H13N3O3/c20-15(10-22-12-6-2-1-3-7-12)18-19-11-17-14-9-5-4-8-13(14)16(19)21/h1-9,11H,10H2,(H,18,20). The maximum atomic E-state index is 12.2. The molecule has 0 unspecified atom stereocenters. The van der Waals surface area contributed by atoms with E-state index in [0.29, 0.717) is 16.7 Å². The van der Waals surface area contributed by atoms with E-state index in [1.54, 1.807) is 36.4 Å². The number of fused-ring (bicyclic) bond motifs is 1. The van der Waals surface area contributed by atoms with Crippen LogP contribution in [-0.2, 0) is 4.79 Å². The molecule has 0 aliphatic heterocycles. The van der Waals surface area contributed by atoms with Crippen molar-refractivity contribution < 1.29 is 9.53 Å². The molecule has 6 heteroatoms. The molecule has 0 fully saturated rings. The molecule has 1 N–H and O–H groups in total. The van der Waals surface area contributed by atoms with Crippen LogP contribution in [0.15, 0.2) is 65.7 Å². The van der Waals surface area contributed by atoms with Gasteiger partial charge in [0.25, 0.3) is 11.5 Å². The van der Waals surface area contributed by atoms with Gasteiger partial charge in [0.1, 0.15) is 12.1 Å². The maximum absolute atomic E-state index is 12.2. The minimum absolute atomic E-state index is 0.191. The largest absolute Gasteiger partial charge is 0.484 e. The molecule has 2 aromatic carbocycles. The van der Waals surface area contributed by atoms with Gasteiger partial charge < -0.3 is 4.74 Å². The minimum atomic E-state index is -0.442. The van der Waals surface area contributed by atoms with Crippen LogP contribution >= 0.6 is 0 Å². The number of nitrogens with zero attached hydrogens (tertiary/aromatic N) is 2. The topological polar surface area (TPSA) is 73.2 Å². The summed E-state index contributed by atoms with van der Waals surface area (Å²) in [5.41, 5.74) is 2.70. The number of amides is 1. The Hall–Kier alpha value is -3.15. The zero-order chi connectivity index (χ0) is 15.4. The van der Waals surface area contributed by atoms with E-state index in [1.165, 1.54) is 6.33 Å². The number of carbonyl (C=O) groups is 1. The van der Waals surface area contributed by atoms with Crippen LogP contribution in [0.1, 0.15) is 0 Å². The van der Waals surface area contributed by atoms with Gasteiger partial charge in [-0.05, 0) is 24.3 Å². The first-order valence-electron chi connectivity index (χ1n) is 6.68. The molecule has 0 aliphatic rings. The number of benzene rings is 2. The van der Waals surface area contributed by atoms with Gasteiger partial charge in [-0.15, -0.1) is 0 Å². The Bertz CT molecular complexity index is 859. The van der Waals surface area contributed by atoms with Gasteiger partial charge >= 0.3 is 0 Å². The summed E-state index contributed by atoms with van der Waals surface area (Å²) in [5.74, 6) is 0.143. The van der Waals surface area contributed by atoms with Gasteiger partial charge in [-0.1, -0.05) is 30.3 Å². The molecule has 0 saturated carbocycles. The highest BCUT2D eigenvalue weighted by atomic mass is 16.5. The van der Waals surface area contributed by atoms with Gasteiger partial charge in [0.05, 0.1) is 10.9 Å². The van der Waals surface area contributed by atoms with E-state index in [4.69, 9.17) is 4.74 Å². The molecule has 22 heavy (non-hydrogen) atoms. The molecular weight excluding hydrogens is 282 g/mol. The maximum Gasteiger partial charge on any atom is 0.280 e. The van der Waals surface area contributed by atoms with Crippen LogP contribution in [0.2, 0.25) is 0 Å². The summed E-state index contributed by atoms with van der Waals surface area (Å²) < 4.78 is 6.37. The normalized spacial score (nSPS) is 10.4. The molecule has 1 aromatic heterocycles. The third kappa shape index (κ3) is 2.95. The molecule has 1 amide bonds. The van der Waals surface area contributed by atoms with Crippen molar-refractivity contribution in [1.29, 1.82) is 0 Å². The van der Waals surface area contributed by atoms with E-state index in [2.05, 4.69) is 10.4 Å². The van der Waals surface area contributed by atoms with Gasteiger partial charge in [-0.25, -0.2) is 9.66 Å². The summed E-state index contributed by atoms with van der Waals surface area (Å²) in [7, 11) is 0. The number of rotatable bonds is 4. The molecule has 0 bridgehead atoms. The number of aromatic nitrogens is 2. The lowest BCUT2D eigenvalue weighted by Crippen LogP contribution is -2.35. The highest BCUT2D eigenvalue weighted by Gasteiger charge is 2.07. The molecule has 0 atom stereocenters. The zero-order valence-electron chi connectivity index (χ0n) is 11.6. The lowest BCUT2D eigenvalue weighted by molar-refractivity contribution is -0.119. The SMILES string of the molecule is O=C(COc1ccccc1)Nn1cnc2ccccc2c1=O.